The fourth-order valence-corrected chi connectivity index (χ4v) is 4.60. The molecule has 2 aliphatic carbocycles. The van der Waals surface area contributed by atoms with Crippen LogP contribution in [0.25, 0.3) is 0 Å². The van der Waals surface area contributed by atoms with Crippen LogP contribution in [0.1, 0.15) is 48.6 Å². The second-order valence-corrected chi connectivity index (χ2v) is 9.02. The van der Waals surface area contributed by atoms with E-state index in [1.54, 1.807) is 6.07 Å². The summed E-state index contributed by atoms with van der Waals surface area (Å²) in [5.41, 5.74) is 0.113. The molecule has 4 N–H and O–H groups in total. The van der Waals surface area contributed by atoms with Crippen molar-refractivity contribution in [2.45, 2.75) is 50.2 Å². The number of anilines is 1. The third-order valence-corrected chi connectivity index (χ3v) is 6.61. The summed E-state index contributed by atoms with van der Waals surface area (Å²) >= 11 is 0. The highest BCUT2D eigenvalue weighted by molar-refractivity contribution is 5.91. The van der Waals surface area contributed by atoms with Gasteiger partial charge in [0.25, 0.3) is 0 Å². The predicted octanol–water partition coefficient (Wildman–Crippen LogP) is 3.25. The summed E-state index contributed by atoms with van der Waals surface area (Å²) in [6.45, 7) is 0.518. The minimum atomic E-state index is -4.53. The number of nitrogens with zero attached hydrogens (tertiary/aromatic N) is 3. The zero-order valence-electron chi connectivity index (χ0n) is 18.3. The number of carbonyl (C=O) groups excluding carboxylic acids is 1. The number of carbonyl (C=O) groups is 2. The fourth-order valence-electron chi connectivity index (χ4n) is 4.60. The first kappa shape index (κ1) is 24.0. The summed E-state index contributed by atoms with van der Waals surface area (Å²) in [6.07, 6.45) is -1.64. The molecular formula is C22H26F3N5O4. The van der Waals surface area contributed by atoms with Crippen LogP contribution in [0.5, 0.6) is 0 Å². The van der Waals surface area contributed by atoms with E-state index >= 15 is 0 Å². The molecule has 0 aliphatic heterocycles. The van der Waals surface area contributed by atoms with Gasteiger partial charge in [0.15, 0.2) is 5.82 Å². The van der Waals surface area contributed by atoms with Gasteiger partial charge in [0.1, 0.15) is 5.69 Å². The molecule has 0 bridgehead atoms. The van der Waals surface area contributed by atoms with Gasteiger partial charge < -0.3 is 20.4 Å². The quantitative estimate of drug-likeness (QED) is 0.458. The fraction of sp³-hybridized carbons (Fsp3) is 0.545. The van der Waals surface area contributed by atoms with E-state index < -0.39 is 23.9 Å². The van der Waals surface area contributed by atoms with Gasteiger partial charge in [-0.25, -0.2) is 4.79 Å². The molecule has 34 heavy (non-hydrogen) atoms. The van der Waals surface area contributed by atoms with E-state index in [0.717, 1.165) is 37.2 Å². The van der Waals surface area contributed by atoms with Gasteiger partial charge in [0.2, 0.25) is 5.91 Å². The van der Waals surface area contributed by atoms with Crippen molar-refractivity contribution in [1.29, 1.82) is 0 Å². The molecule has 2 aromatic heterocycles. The van der Waals surface area contributed by atoms with Crippen molar-refractivity contribution in [2.24, 2.45) is 11.8 Å². The van der Waals surface area contributed by atoms with Crippen molar-refractivity contribution >= 4 is 17.8 Å². The summed E-state index contributed by atoms with van der Waals surface area (Å²) in [5, 5.41) is 28.5. The molecule has 9 nitrogen and oxygen atoms in total. The largest absolute Gasteiger partial charge is 0.465 e. The smallest absolute Gasteiger partial charge is 0.433 e. The number of aromatic nitrogens is 3. The van der Waals surface area contributed by atoms with E-state index in [2.05, 4.69) is 20.5 Å². The van der Waals surface area contributed by atoms with E-state index in [9.17, 15) is 33.0 Å². The standard InChI is InChI=1S/C22H26F3N5O4/c23-22(24,25)18-4-1-12(9-26-18)5-20(32)27-19-8-17(28-29-19)13-2-3-16(7-13)30(21(33)34)10-14-6-15(14)11-31/h1,4,8-9,13-16,31H,2-3,5-7,10-11H2,(H,33,34)(H2,27,28,29,32)/t13?,14-,15-,16?/m1/s1. The molecule has 2 saturated carbocycles. The molecule has 184 valence electrons. The Morgan fingerprint density at radius 2 is 2.00 bits per heavy atom. The summed E-state index contributed by atoms with van der Waals surface area (Å²) in [4.78, 5) is 28.9. The maximum atomic E-state index is 12.6. The lowest BCUT2D eigenvalue weighted by atomic mass is 10.0. The molecule has 12 heteroatoms. The molecule has 2 unspecified atom stereocenters. The molecule has 2 fully saturated rings. The molecule has 4 rings (SSSR count). The first-order chi connectivity index (χ1) is 16.1. The number of rotatable bonds is 8. The summed E-state index contributed by atoms with van der Waals surface area (Å²) < 4.78 is 37.8. The second kappa shape index (κ2) is 9.61. The second-order valence-electron chi connectivity index (χ2n) is 9.02. The molecule has 2 aromatic rings. The maximum Gasteiger partial charge on any atom is 0.433 e. The molecule has 2 amide bonds. The summed E-state index contributed by atoms with van der Waals surface area (Å²) in [5.74, 6) is 0.327. The Labute approximate surface area is 193 Å². The van der Waals surface area contributed by atoms with Crippen LogP contribution in [-0.4, -0.2) is 61.5 Å². The van der Waals surface area contributed by atoms with Crippen molar-refractivity contribution in [2.75, 3.05) is 18.5 Å². The van der Waals surface area contributed by atoms with Crippen LogP contribution in [0.15, 0.2) is 24.4 Å². The Hall–Kier alpha value is -3.15. The van der Waals surface area contributed by atoms with E-state index in [4.69, 9.17) is 0 Å². The SMILES string of the molecule is O=C(Cc1ccc(C(F)(F)F)nc1)Nc1cc(C2CCC(N(C[C@H]3C[C@@H]3CO)C(=O)O)C2)[nH]n1. The molecule has 0 aromatic carbocycles. The number of alkyl halides is 3. The molecule has 0 radical (unpaired) electrons. The van der Waals surface area contributed by atoms with Crippen molar-refractivity contribution < 1.29 is 33.0 Å². The van der Waals surface area contributed by atoms with E-state index in [0.29, 0.717) is 24.3 Å². The Bertz CT molecular complexity index is 1030. The lowest BCUT2D eigenvalue weighted by Crippen LogP contribution is -2.39. The van der Waals surface area contributed by atoms with E-state index in [1.165, 1.54) is 11.0 Å². The van der Waals surface area contributed by atoms with Gasteiger partial charge in [-0.05, 0) is 49.1 Å². The minimum Gasteiger partial charge on any atom is -0.465 e. The highest BCUT2D eigenvalue weighted by Crippen LogP contribution is 2.42. The van der Waals surface area contributed by atoms with Crippen LogP contribution in [0.2, 0.25) is 0 Å². The normalized spacial score (nSPS) is 24.1. The zero-order chi connectivity index (χ0) is 24.5. The van der Waals surface area contributed by atoms with E-state index in [-0.39, 0.29) is 36.8 Å². The Morgan fingerprint density at radius 3 is 2.62 bits per heavy atom. The van der Waals surface area contributed by atoms with Crippen LogP contribution in [0, 0.1) is 11.8 Å². The highest BCUT2D eigenvalue weighted by Gasteiger charge is 2.42. The molecule has 2 heterocycles. The van der Waals surface area contributed by atoms with Gasteiger partial charge in [-0.2, -0.15) is 18.3 Å². The number of amides is 2. The van der Waals surface area contributed by atoms with Gasteiger partial charge in [0.05, 0.1) is 6.42 Å². The van der Waals surface area contributed by atoms with Crippen molar-refractivity contribution in [3.63, 3.8) is 0 Å². The number of aliphatic hydroxyl groups is 1. The monoisotopic (exact) mass is 481 g/mol. The number of nitrogens with one attached hydrogen (secondary N) is 2. The summed E-state index contributed by atoms with van der Waals surface area (Å²) in [7, 11) is 0. The molecule has 0 saturated heterocycles. The predicted molar refractivity (Wildman–Crippen MR) is 114 cm³/mol. The lowest BCUT2D eigenvalue weighted by Gasteiger charge is -2.26. The third kappa shape index (κ3) is 5.66. The average molecular weight is 481 g/mol. The summed E-state index contributed by atoms with van der Waals surface area (Å²) in [6, 6.07) is 3.63. The number of halogens is 3. The number of H-pyrrole nitrogens is 1. The maximum absolute atomic E-state index is 12.6. The number of hydrogen-bond donors (Lipinski definition) is 4. The number of aliphatic hydroxyl groups excluding tert-OH is 1. The first-order valence-electron chi connectivity index (χ1n) is 11.1. The van der Waals surface area contributed by atoms with Crippen LogP contribution in [0.3, 0.4) is 0 Å². The Kier molecular flexibility index (Phi) is 6.78. The molecule has 4 atom stereocenters. The molecular weight excluding hydrogens is 455 g/mol. The van der Waals surface area contributed by atoms with Gasteiger partial charge in [-0.3, -0.25) is 14.9 Å². The van der Waals surface area contributed by atoms with Crippen LogP contribution < -0.4 is 5.32 Å². The number of pyridine rings is 1. The number of aromatic amines is 1. The Morgan fingerprint density at radius 1 is 1.21 bits per heavy atom. The highest BCUT2D eigenvalue weighted by atomic mass is 19.4. The molecule has 2 aliphatic rings. The van der Waals surface area contributed by atoms with Gasteiger partial charge >= 0.3 is 12.3 Å². The lowest BCUT2D eigenvalue weighted by molar-refractivity contribution is -0.141. The Balaban J connectivity index is 1.30. The van der Waals surface area contributed by atoms with Crippen molar-refractivity contribution in [3.8, 4) is 0 Å². The topological polar surface area (TPSA) is 131 Å². The van der Waals surface area contributed by atoms with Crippen LogP contribution >= 0.6 is 0 Å². The average Bonchev–Trinajstić information content (AvgIpc) is 3.12. The van der Waals surface area contributed by atoms with Crippen LogP contribution in [-0.2, 0) is 17.4 Å². The number of hydrogen-bond acceptors (Lipinski definition) is 5. The minimum absolute atomic E-state index is 0.0666. The van der Waals surface area contributed by atoms with E-state index in [1.807, 2.05) is 0 Å². The van der Waals surface area contributed by atoms with Gasteiger partial charge in [0, 0.05) is 43.1 Å². The third-order valence-electron chi connectivity index (χ3n) is 6.61. The van der Waals surface area contributed by atoms with Crippen LogP contribution in [0.4, 0.5) is 23.8 Å². The van der Waals surface area contributed by atoms with Crippen molar-refractivity contribution in [3.05, 3.63) is 41.3 Å². The first-order valence-corrected chi connectivity index (χ1v) is 11.1. The van der Waals surface area contributed by atoms with Gasteiger partial charge in [-0.1, -0.05) is 6.07 Å². The van der Waals surface area contributed by atoms with Crippen molar-refractivity contribution in [1.82, 2.24) is 20.1 Å². The van der Waals surface area contributed by atoms with Gasteiger partial charge in [-0.15, -0.1) is 0 Å². The molecule has 0 spiro atoms. The zero-order valence-corrected chi connectivity index (χ0v) is 18.3. The number of carboxylic acid groups (broad SMARTS) is 1.